The summed E-state index contributed by atoms with van der Waals surface area (Å²) in [6.45, 7) is 0. The highest BCUT2D eigenvalue weighted by atomic mass is 15.3. The van der Waals surface area contributed by atoms with Crippen LogP contribution in [0.25, 0.3) is 71.7 Å². The minimum atomic E-state index is 0.0855. The van der Waals surface area contributed by atoms with Crippen LogP contribution in [0, 0.1) is 0 Å². The zero-order chi connectivity index (χ0) is 34.2. The van der Waals surface area contributed by atoms with E-state index in [1.165, 1.54) is 43.6 Å². The molecule has 52 heavy (non-hydrogen) atoms. The van der Waals surface area contributed by atoms with Crippen LogP contribution >= 0.6 is 0 Å². The van der Waals surface area contributed by atoms with E-state index in [1.54, 1.807) is 0 Å². The maximum atomic E-state index is 5.45. The molecule has 4 heterocycles. The van der Waals surface area contributed by atoms with Gasteiger partial charge in [-0.3, -0.25) is 4.57 Å². The van der Waals surface area contributed by atoms with Crippen molar-refractivity contribution in [1.29, 1.82) is 0 Å². The lowest BCUT2D eigenvalue weighted by molar-refractivity contribution is 0.738. The normalized spacial score (nSPS) is 16.3. The summed E-state index contributed by atoms with van der Waals surface area (Å²) in [6, 6.07) is 56.4. The van der Waals surface area contributed by atoms with Crippen LogP contribution in [0.2, 0.25) is 0 Å². The van der Waals surface area contributed by atoms with E-state index in [2.05, 4.69) is 191 Å². The van der Waals surface area contributed by atoms with Crippen molar-refractivity contribution in [3.8, 4) is 28.3 Å². The van der Waals surface area contributed by atoms with Gasteiger partial charge in [0.15, 0.2) is 0 Å². The second-order valence-electron chi connectivity index (χ2n) is 13.7. The molecule has 2 atom stereocenters. The van der Waals surface area contributed by atoms with Crippen LogP contribution in [0.5, 0.6) is 0 Å². The molecule has 0 radical (unpaired) electrons. The van der Waals surface area contributed by atoms with E-state index in [-0.39, 0.29) is 12.0 Å². The first-order chi connectivity index (χ1) is 25.8. The second-order valence-corrected chi connectivity index (χ2v) is 13.7. The van der Waals surface area contributed by atoms with Crippen LogP contribution in [-0.4, -0.2) is 20.6 Å². The van der Waals surface area contributed by atoms with Crippen molar-refractivity contribution in [3.63, 3.8) is 0 Å². The Balaban J connectivity index is 1.17. The van der Waals surface area contributed by atoms with Crippen LogP contribution in [0.4, 0.5) is 11.5 Å². The Labute approximate surface area is 301 Å². The molecule has 0 saturated carbocycles. The minimum absolute atomic E-state index is 0.0855. The van der Waals surface area contributed by atoms with Gasteiger partial charge in [0.1, 0.15) is 11.6 Å². The molecule has 4 heteroatoms. The Morgan fingerprint density at radius 1 is 0.442 bits per heavy atom. The fourth-order valence-electron chi connectivity index (χ4n) is 8.66. The zero-order valence-corrected chi connectivity index (χ0v) is 28.3. The number of para-hydroxylation sites is 1. The minimum Gasteiger partial charge on any atom is -0.316 e. The Kier molecular flexibility index (Phi) is 6.34. The number of rotatable bonds is 4. The third-order valence-electron chi connectivity index (χ3n) is 10.9. The first-order valence-electron chi connectivity index (χ1n) is 17.9. The van der Waals surface area contributed by atoms with E-state index >= 15 is 0 Å². The van der Waals surface area contributed by atoms with Crippen molar-refractivity contribution in [2.24, 2.45) is 0 Å². The van der Waals surface area contributed by atoms with Crippen LogP contribution in [-0.2, 0) is 0 Å². The fourth-order valence-corrected chi connectivity index (χ4v) is 8.66. The molecule has 3 aromatic heterocycles. The maximum Gasteiger partial charge on any atom is 0.138 e. The first kappa shape index (κ1) is 29.0. The molecule has 1 aliphatic carbocycles. The van der Waals surface area contributed by atoms with E-state index in [0.717, 1.165) is 45.2 Å². The van der Waals surface area contributed by atoms with E-state index < -0.39 is 0 Å². The van der Waals surface area contributed by atoms with Gasteiger partial charge in [0.05, 0.1) is 34.2 Å². The summed E-state index contributed by atoms with van der Waals surface area (Å²) in [5.41, 5.74) is 8.94. The summed E-state index contributed by atoms with van der Waals surface area (Å²) < 4.78 is 2.38. The SMILES string of the molecule is C1=CC2c3ccc4c5ccccc5n(-c5cccc(-c6cccc7ccccc67)n5)c4c3N(c3cccc(-c4cccc5ccccc45)n3)C2C=C1. The first-order valence-corrected chi connectivity index (χ1v) is 17.9. The van der Waals surface area contributed by atoms with Gasteiger partial charge in [-0.15, -0.1) is 0 Å². The van der Waals surface area contributed by atoms with Gasteiger partial charge in [-0.25, -0.2) is 9.97 Å². The summed E-state index contributed by atoms with van der Waals surface area (Å²) in [7, 11) is 0. The molecule has 2 aliphatic rings. The fraction of sp³-hybridized carbons (Fsp3) is 0.0417. The van der Waals surface area contributed by atoms with Gasteiger partial charge in [0.2, 0.25) is 0 Å². The summed E-state index contributed by atoms with van der Waals surface area (Å²) in [5, 5.41) is 7.23. The third-order valence-corrected chi connectivity index (χ3v) is 10.9. The van der Waals surface area contributed by atoms with Gasteiger partial charge >= 0.3 is 0 Å². The highest BCUT2D eigenvalue weighted by Gasteiger charge is 2.40. The Morgan fingerprint density at radius 3 is 1.75 bits per heavy atom. The molecule has 2 unspecified atom stereocenters. The molecule has 0 spiro atoms. The number of aromatic nitrogens is 3. The highest BCUT2D eigenvalue weighted by Crippen LogP contribution is 2.52. The van der Waals surface area contributed by atoms with E-state index in [9.17, 15) is 0 Å². The lowest BCUT2D eigenvalue weighted by atomic mass is 9.91. The van der Waals surface area contributed by atoms with Crippen LogP contribution in [0.15, 0.2) is 182 Å². The average Bonchev–Trinajstić information content (AvgIpc) is 3.74. The van der Waals surface area contributed by atoms with E-state index in [1.807, 2.05) is 0 Å². The summed E-state index contributed by atoms with van der Waals surface area (Å²) in [5.74, 6) is 2.01. The topological polar surface area (TPSA) is 34.0 Å². The van der Waals surface area contributed by atoms with Crippen LogP contribution < -0.4 is 4.90 Å². The Morgan fingerprint density at radius 2 is 1.02 bits per heavy atom. The molecule has 11 rings (SSSR count). The monoisotopic (exact) mass is 664 g/mol. The molecule has 4 nitrogen and oxygen atoms in total. The molecule has 0 amide bonds. The number of fused-ring (bicyclic) bond motifs is 9. The number of hydrogen-bond donors (Lipinski definition) is 0. The number of anilines is 2. The number of benzene rings is 6. The van der Waals surface area contributed by atoms with Crippen molar-refractivity contribution in [2.45, 2.75) is 12.0 Å². The van der Waals surface area contributed by atoms with Gasteiger partial charge in [-0.05, 0) is 57.4 Å². The quantitative estimate of drug-likeness (QED) is 0.188. The molecule has 1 aliphatic heterocycles. The zero-order valence-electron chi connectivity index (χ0n) is 28.3. The maximum absolute atomic E-state index is 5.45. The summed E-state index contributed by atoms with van der Waals surface area (Å²) in [6.07, 6.45) is 9.03. The highest BCUT2D eigenvalue weighted by molar-refractivity contribution is 6.15. The van der Waals surface area contributed by atoms with Gasteiger partial charge in [-0.1, -0.05) is 152 Å². The predicted molar refractivity (Wildman–Crippen MR) is 216 cm³/mol. The van der Waals surface area contributed by atoms with Gasteiger partial charge in [0, 0.05) is 27.8 Å². The van der Waals surface area contributed by atoms with Gasteiger partial charge in [0.25, 0.3) is 0 Å². The van der Waals surface area contributed by atoms with Crippen molar-refractivity contribution < 1.29 is 0 Å². The van der Waals surface area contributed by atoms with Gasteiger partial charge < -0.3 is 4.90 Å². The molecular formula is C48H32N4. The third kappa shape index (κ3) is 4.28. The Hall–Kier alpha value is -6.78. The van der Waals surface area contributed by atoms with E-state index in [4.69, 9.17) is 9.97 Å². The predicted octanol–water partition coefficient (Wildman–Crippen LogP) is 11.9. The second kappa shape index (κ2) is 11.4. The van der Waals surface area contributed by atoms with Crippen molar-refractivity contribution in [1.82, 2.24) is 14.5 Å². The number of pyridine rings is 2. The Bertz CT molecular complexity index is 2940. The van der Waals surface area contributed by atoms with E-state index in [0.29, 0.717) is 0 Å². The smallest absolute Gasteiger partial charge is 0.138 e. The molecule has 0 bridgehead atoms. The van der Waals surface area contributed by atoms with Crippen LogP contribution in [0.1, 0.15) is 11.5 Å². The average molecular weight is 665 g/mol. The van der Waals surface area contributed by atoms with Crippen molar-refractivity contribution in [3.05, 3.63) is 188 Å². The molecule has 244 valence electrons. The van der Waals surface area contributed by atoms with Crippen molar-refractivity contribution in [2.75, 3.05) is 4.90 Å². The molecule has 0 saturated heterocycles. The lowest BCUT2D eigenvalue weighted by Gasteiger charge is -2.28. The summed E-state index contributed by atoms with van der Waals surface area (Å²) >= 11 is 0. The van der Waals surface area contributed by atoms with Crippen molar-refractivity contribution >= 4 is 54.9 Å². The van der Waals surface area contributed by atoms with Crippen LogP contribution in [0.3, 0.4) is 0 Å². The standard InChI is InChI=1S/C48H32N4/c1-3-17-33-31(13-1)15-9-21-35(33)41-23-11-27-45(49-41)51-43-25-7-5-19-37(43)39-29-30-40-38-20-6-8-26-44(38)52(48(40)47(39)51)46-28-12-24-42(50-46)36-22-10-16-32-14-2-4-18-34(32)36/h1-30,37,43H. The lowest BCUT2D eigenvalue weighted by Crippen LogP contribution is -2.29. The molecule has 9 aromatic rings. The largest absolute Gasteiger partial charge is 0.316 e. The number of allylic oxidation sites excluding steroid dienone is 2. The number of hydrogen-bond acceptors (Lipinski definition) is 3. The molecule has 0 fully saturated rings. The molecule has 0 N–H and O–H groups in total. The molecular weight excluding hydrogens is 633 g/mol. The van der Waals surface area contributed by atoms with Gasteiger partial charge in [-0.2, -0.15) is 0 Å². The summed E-state index contributed by atoms with van der Waals surface area (Å²) in [4.78, 5) is 13.4. The number of nitrogens with zero attached hydrogens (tertiary/aromatic N) is 4. The molecule has 6 aromatic carbocycles.